The number of fused-ring (bicyclic) bond motifs is 1. The van der Waals surface area contributed by atoms with Crippen molar-refractivity contribution >= 4 is 17.4 Å². The monoisotopic (exact) mass is 440 g/mol. The molecule has 168 valence electrons. The number of nitrogens with zero attached hydrogens (tertiary/aromatic N) is 3. The number of imidazole rings is 1. The number of halogens is 2. The molecule has 1 amide bonds. The maximum absolute atomic E-state index is 14.8. The summed E-state index contributed by atoms with van der Waals surface area (Å²) < 4.78 is 29.7. The summed E-state index contributed by atoms with van der Waals surface area (Å²) in [4.78, 5) is 16.8. The molecule has 2 atom stereocenters. The van der Waals surface area contributed by atoms with Crippen LogP contribution in [0.5, 0.6) is 0 Å². The molecule has 32 heavy (non-hydrogen) atoms. The van der Waals surface area contributed by atoms with Gasteiger partial charge in [0.1, 0.15) is 17.8 Å². The molecule has 5 rings (SSSR count). The first-order valence-electron chi connectivity index (χ1n) is 11.1. The maximum atomic E-state index is 14.8. The zero-order chi connectivity index (χ0) is 22.1. The standard InChI is InChI=1S/C23H26F2N6O/c24-15-10-17(26-11-15)12-28-23(32)18-6-5-14(9-19(18)25)20-13-27-22-8-7-21(30-31(20)22)29-16-3-1-2-4-16/h5-9,13,15-17,26H,1-4,10-12H2,(H,28,32)(H,29,30)/t15-,17+/m1/s1. The average molecular weight is 440 g/mol. The average Bonchev–Trinajstić information content (AvgIpc) is 3.53. The molecule has 0 bridgehead atoms. The van der Waals surface area contributed by atoms with Crippen LogP contribution in [0.2, 0.25) is 0 Å². The summed E-state index contributed by atoms with van der Waals surface area (Å²) >= 11 is 0. The summed E-state index contributed by atoms with van der Waals surface area (Å²) in [5.74, 6) is -0.383. The molecule has 9 heteroatoms. The van der Waals surface area contributed by atoms with Crippen molar-refractivity contribution in [2.24, 2.45) is 0 Å². The molecule has 2 aromatic heterocycles. The van der Waals surface area contributed by atoms with Crippen LogP contribution in [0.3, 0.4) is 0 Å². The van der Waals surface area contributed by atoms with Crippen LogP contribution in [0.1, 0.15) is 42.5 Å². The van der Waals surface area contributed by atoms with Crippen molar-refractivity contribution in [2.75, 3.05) is 18.4 Å². The van der Waals surface area contributed by atoms with Crippen molar-refractivity contribution in [1.82, 2.24) is 25.2 Å². The smallest absolute Gasteiger partial charge is 0.254 e. The van der Waals surface area contributed by atoms with E-state index in [1.54, 1.807) is 16.8 Å². The normalized spacial score (nSPS) is 21.3. The highest BCUT2D eigenvalue weighted by atomic mass is 19.1. The third-order valence-corrected chi connectivity index (χ3v) is 6.26. The Morgan fingerprint density at radius 1 is 1.22 bits per heavy atom. The summed E-state index contributed by atoms with van der Waals surface area (Å²) in [6, 6.07) is 8.55. The highest BCUT2D eigenvalue weighted by Gasteiger charge is 2.24. The van der Waals surface area contributed by atoms with E-state index in [0.717, 1.165) is 18.7 Å². The van der Waals surface area contributed by atoms with E-state index in [4.69, 9.17) is 0 Å². The molecule has 3 heterocycles. The summed E-state index contributed by atoms with van der Waals surface area (Å²) in [5, 5.41) is 13.8. The third-order valence-electron chi connectivity index (χ3n) is 6.26. The molecule has 3 aromatic rings. The second-order valence-corrected chi connectivity index (χ2v) is 8.60. The minimum Gasteiger partial charge on any atom is -0.366 e. The molecular formula is C23H26F2N6O. The predicted molar refractivity (Wildman–Crippen MR) is 118 cm³/mol. The summed E-state index contributed by atoms with van der Waals surface area (Å²) in [5.41, 5.74) is 1.84. The van der Waals surface area contributed by atoms with E-state index in [9.17, 15) is 13.6 Å². The van der Waals surface area contributed by atoms with Gasteiger partial charge in [-0.05, 0) is 43.5 Å². The molecule has 2 aliphatic rings. The van der Waals surface area contributed by atoms with Gasteiger partial charge in [0.05, 0.1) is 17.5 Å². The van der Waals surface area contributed by atoms with Crippen LogP contribution in [0, 0.1) is 5.82 Å². The Hall–Kier alpha value is -3.07. The molecule has 0 radical (unpaired) electrons. The Kier molecular flexibility index (Phi) is 5.73. The van der Waals surface area contributed by atoms with Gasteiger partial charge in [-0.15, -0.1) is 5.10 Å². The molecule has 7 nitrogen and oxygen atoms in total. The fourth-order valence-electron chi connectivity index (χ4n) is 4.52. The number of nitrogens with one attached hydrogen (secondary N) is 3. The van der Waals surface area contributed by atoms with Crippen molar-refractivity contribution in [2.45, 2.75) is 50.4 Å². The molecule has 3 N–H and O–H groups in total. The molecule has 2 fully saturated rings. The molecule has 1 aliphatic heterocycles. The fraction of sp³-hybridized carbons (Fsp3) is 0.435. The van der Waals surface area contributed by atoms with Crippen LogP contribution in [0.15, 0.2) is 36.5 Å². The van der Waals surface area contributed by atoms with Gasteiger partial charge in [-0.1, -0.05) is 18.9 Å². The first kappa shape index (κ1) is 20.8. The van der Waals surface area contributed by atoms with E-state index in [1.807, 2.05) is 12.1 Å². The first-order chi connectivity index (χ1) is 15.6. The highest BCUT2D eigenvalue weighted by Crippen LogP contribution is 2.25. The Balaban J connectivity index is 1.33. The Bertz CT molecular complexity index is 1130. The number of rotatable bonds is 6. The first-order valence-corrected chi connectivity index (χ1v) is 11.1. The fourth-order valence-corrected chi connectivity index (χ4v) is 4.52. The van der Waals surface area contributed by atoms with Gasteiger partial charge < -0.3 is 16.0 Å². The van der Waals surface area contributed by atoms with Crippen LogP contribution >= 0.6 is 0 Å². The Morgan fingerprint density at radius 3 is 2.81 bits per heavy atom. The minimum absolute atomic E-state index is 0.0473. The number of alkyl halides is 1. The van der Waals surface area contributed by atoms with Crippen molar-refractivity contribution in [3.63, 3.8) is 0 Å². The van der Waals surface area contributed by atoms with E-state index >= 15 is 0 Å². The van der Waals surface area contributed by atoms with Crippen LogP contribution in [0.4, 0.5) is 14.6 Å². The second-order valence-electron chi connectivity index (χ2n) is 8.60. The molecular weight excluding hydrogens is 414 g/mol. The Labute approximate surface area is 184 Å². The van der Waals surface area contributed by atoms with Crippen LogP contribution < -0.4 is 16.0 Å². The van der Waals surface area contributed by atoms with E-state index in [-0.39, 0.29) is 24.7 Å². The lowest BCUT2D eigenvalue weighted by molar-refractivity contribution is 0.0946. The second kappa shape index (κ2) is 8.82. The van der Waals surface area contributed by atoms with Crippen molar-refractivity contribution in [1.29, 1.82) is 0 Å². The molecule has 1 saturated carbocycles. The van der Waals surface area contributed by atoms with Crippen molar-refractivity contribution < 1.29 is 13.6 Å². The van der Waals surface area contributed by atoms with Gasteiger partial charge >= 0.3 is 0 Å². The lowest BCUT2D eigenvalue weighted by Gasteiger charge is -2.13. The number of carbonyl (C=O) groups is 1. The van der Waals surface area contributed by atoms with Gasteiger partial charge in [0.25, 0.3) is 5.91 Å². The molecule has 1 aromatic carbocycles. The quantitative estimate of drug-likeness (QED) is 0.548. The molecule has 1 aliphatic carbocycles. The van der Waals surface area contributed by atoms with Gasteiger partial charge in [-0.3, -0.25) is 4.79 Å². The lowest BCUT2D eigenvalue weighted by Crippen LogP contribution is -2.37. The third kappa shape index (κ3) is 4.29. The molecule has 0 unspecified atom stereocenters. The summed E-state index contributed by atoms with van der Waals surface area (Å²) in [6.45, 7) is 0.545. The van der Waals surface area contributed by atoms with Gasteiger partial charge in [0.15, 0.2) is 5.65 Å². The van der Waals surface area contributed by atoms with E-state index < -0.39 is 17.9 Å². The van der Waals surface area contributed by atoms with E-state index in [2.05, 4.69) is 26.0 Å². The SMILES string of the molecule is O=C(NC[C@@H]1C[C@@H](F)CN1)c1ccc(-c2cnc3ccc(NC4CCCC4)nn23)cc1F. The number of aromatic nitrogens is 3. The predicted octanol–water partition coefficient (Wildman–Crippen LogP) is 3.32. The lowest BCUT2D eigenvalue weighted by atomic mass is 10.1. The number of amides is 1. The topological polar surface area (TPSA) is 83.3 Å². The molecule has 0 spiro atoms. The van der Waals surface area contributed by atoms with Crippen LogP contribution in [0.25, 0.3) is 16.9 Å². The van der Waals surface area contributed by atoms with E-state index in [0.29, 0.717) is 29.4 Å². The summed E-state index contributed by atoms with van der Waals surface area (Å²) in [7, 11) is 0. The number of hydrogen-bond acceptors (Lipinski definition) is 5. The Morgan fingerprint density at radius 2 is 2.06 bits per heavy atom. The van der Waals surface area contributed by atoms with Gasteiger partial charge in [-0.2, -0.15) is 0 Å². The van der Waals surface area contributed by atoms with E-state index in [1.165, 1.54) is 25.0 Å². The van der Waals surface area contributed by atoms with Crippen LogP contribution in [-0.2, 0) is 0 Å². The largest absolute Gasteiger partial charge is 0.366 e. The zero-order valence-electron chi connectivity index (χ0n) is 17.7. The van der Waals surface area contributed by atoms with Gasteiger partial charge in [-0.25, -0.2) is 18.3 Å². The maximum Gasteiger partial charge on any atom is 0.254 e. The number of hydrogen-bond donors (Lipinski definition) is 3. The van der Waals surface area contributed by atoms with Crippen LogP contribution in [-0.4, -0.2) is 51.9 Å². The van der Waals surface area contributed by atoms with Crippen molar-refractivity contribution in [3.8, 4) is 11.3 Å². The summed E-state index contributed by atoms with van der Waals surface area (Å²) in [6.07, 6.45) is 5.82. The van der Waals surface area contributed by atoms with Crippen molar-refractivity contribution in [3.05, 3.63) is 47.9 Å². The molecule has 1 saturated heterocycles. The van der Waals surface area contributed by atoms with Gasteiger partial charge in [0.2, 0.25) is 0 Å². The minimum atomic E-state index is -0.902. The zero-order valence-corrected chi connectivity index (χ0v) is 17.7. The van der Waals surface area contributed by atoms with Gasteiger partial charge in [0, 0.05) is 30.7 Å². The number of benzene rings is 1. The number of anilines is 1. The highest BCUT2D eigenvalue weighted by molar-refractivity contribution is 5.95. The number of carbonyl (C=O) groups excluding carboxylic acids is 1.